The average Bonchev–Trinajstić information content (AvgIpc) is 2.52. The quantitative estimate of drug-likeness (QED) is 0.639. The zero-order chi connectivity index (χ0) is 9.80. The van der Waals surface area contributed by atoms with Crippen LogP contribution in [0.3, 0.4) is 0 Å². The fraction of sp³-hybridized carbons (Fsp3) is 1.00. The molecule has 4 atom stereocenters. The van der Waals surface area contributed by atoms with Gasteiger partial charge in [-0.25, -0.2) is 0 Å². The van der Waals surface area contributed by atoms with E-state index in [0.29, 0.717) is 5.54 Å². The van der Waals surface area contributed by atoms with Gasteiger partial charge in [0, 0.05) is 12.1 Å². The number of fused-ring (bicyclic) bond motifs is 1. The number of hydrogen-bond donors (Lipinski definition) is 0. The van der Waals surface area contributed by atoms with Crippen LogP contribution >= 0.6 is 11.8 Å². The number of likely N-dealkylation sites (tertiary alicyclic amines) is 1. The van der Waals surface area contributed by atoms with Crippen molar-refractivity contribution in [3.8, 4) is 0 Å². The summed E-state index contributed by atoms with van der Waals surface area (Å²) in [4.78, 5) is 2.69. The van der Waals surface area contributed by atoms with E-state index >= 15 is 0 Å². The Balaban J connectivity index is 2.09. The van der Waals surface area contributed by atoms with Crippen molar-refractivity contribution in [2.45, 2.75) is 38.6 Å². The van der Waals surface area contributed by atoms with Crippen LogP contribution < -0.4 is 0 Å². The number of rotatable bonds is 1. The number of hydrogen-bond acceptors (Lipinski definition) is 2. The monoisotopic (exact) mass is 199 g/mol. The second kappa shape index (κ2) is 2.90. The standard InChI is InChI=1S/C11H21NS/c1-7-8-6-12(11(2,3)4)10(13-5)9(7)8/h7-10H,6H2,1-5H3/t7?,8-,9+,10+/m0/s1. The average molecular weight is 199 g/mol. The zero-order valence-electron chi connectivity index (χ0n) is 9.37. The van der Waals surface area contributed by atoms with Crippen molar-refractivity contribution in [1.82, 2.24) is 4.90 Å². The summed E-state index contributed by atoms with van der Waals surface area (Å²) in [5.74, 6) is 3.00. The van der Waals surface area contributed by atoms with Crippen LogP contribution in [-0.4, -0.2) is 28.6 Å². The van der Waals surface area contributed by atoms with Gasteiger partial charge in [-0.15, -0.1) is 11.8 Å². The highest BCUT2D eigenvalue weighted by Gasteiger charge is 2.60. The Morgan fingerprint density at radius 3 is 2.38 bits per heavy atom. The van der Waals surface area contributed by atoms with Crippen LogP contribution in [0.5, 0.6) is 0 Å². The fourth-order valence-electron chi connectivity index (χ4n) is 2.82. The van der Waals surface area contributed by atoms with Gasteiger partial charge in [-0.05, 0) is 44.8 Å². The highest BCUT2D eigenvalue weighted by atomic mass is 32.2. The molecule has 1 aliphatic carbocycles. The molecule has 0 radical (unpaired) electrons. The predicted octanol–water partition coefficient (Wildman–Crippen LogP) is 2.67. The Morgan fingerprint density at radius 2 is 1.92 bits per heavy atom. The molecular weight excluding hydrogens is 178 g/mol. The van der Waals surface area contributed by atoms with Crippen LogP contribution in [0.15, 0.2) is 0 Å². The van der Waals surface area contributed by atoms with Crippen molar-refractivity contribution >= 4 is 11.8 Å². The van der Waals surface area contributed by atoms with E-state index in [1.165, 1.54) is 6.54 Å². The second-order valence-corrected chi connectivity index (χ2v) is 6.50. The van der Waals surface area contributed by atoms with Gasteiger partial charge in [0.05, 0.1) is 5.37 Å². The third-order valence-electron chi connectivity index (χ3n) is 3.78. The first-order valence-electron chi connectivity index (χ1n) is 5.26. The van der Waals surface area contributed by atoms with E-state index in [0.717, 1.165) is 23.1 Å². The molecule has 0 aromatic heterocycles. The van der Waals surface area contributed by atoms with Crippen LogP contribution in [0.2, 0.25) is 0 Å². The minimum atomic E-state index is 0.362. The molecule has 1 saturated carbocycles. The van der Waals surface area contributed by atoms with E-state index in [1.54, 1.807) is 0 Å². The molecule has 0 spiro atoms. The fourth-order valence-corrected chi connectivity index (χ4v) is 4.24. The lowest BCUT2D eigenvalue weighted by Crippen LogP contribution is -2.45. The molecule has 1 heterocycles. The Bertz CT molecular complexity index is 209. The topological polar surface area (TPSA) is 3.24 Å². The zero-order valence-corrected chi connectivity index (χ0v) is 10.2. The van der Waals surface area contributed by atoms with E-state index in [1.807, 2.05) is 11.8 Å². The molecule has 1 unspecified atom stereocenters. The predicted molar refractivity (Wildman–Crippen MR) is 59.9 cm³/mol. The molecule has 1 saturated heterocycles. The van der Waals surface area contributed by atoms with Crippen molar-refractivity contribution in [2.75, 3.05) is 12.8 Å². The molecule has 1 aliphatic heterocycles. The third-order valence-corrected chi connectivity index (χ3v) is 4.83. The van der Waals surface area contributed by atoms with Gasteiger partial charge in [0.2, 0.25) is 0 Å². The summed E-state index contributed by atoms with van der Waals surface area (Å²) in [5, 5.41) is 0.792. The van der Waals surface area contributed by atoms with Crippen LogP contribution in [0.4, 0.5) is 0 Å². The van der Waals surface area contributed by atoms with E-state index in [-0.39, 0.29) is 0 Å². The number of thioether (sulfide) groups is 1. The van der Waals surface area contributed by atoms with E-state index in [9.17, 15) is 0 Å². The first-order chi connectivity index (χ1) is 5.96. The normalized spacial score (nSPS) is 45.0. The van der Waals surface area contributed by atoms with Crippen LogP contribution in [0, 0.1) is 17.8 Å². The van der Waals surface area contributed by atoms with Gasteiger partial charge in [0.25, 0.3) is 0 Å². The molecule has 0 amide bonds. The molecule has 0 bridgehead atoms. The lowest BCUT2D eigenvalue weighted by Gasteiger charge is -2.38. The largest absolute Gasteiger partial charge is 0.286 e. The molecule has 2 rings (SSSR count). The van der Waals surface area contributed by atoms with E-state index in [4.69, 9.17) is 0 Å². The van der Waals surface area contributed by atoms with Gasteiger partial charge in [-0.1, -0.05) is 6.92 Å². The lowest BCUT2D eigenvalue weighted by atomic mass is 10.1. The second-order valence-electron chi connectivity index (χ2n) is 5.55. The van der Waals surface area contributed by atoms with Crippen LogP contribution in [-0.2, 0) is 0 Å². The SMILES string of the molecule is CS[C@@H]1[C@@H]2C(C)[C@@H]2CN1C(C)(C)C. The molecular formula is C11H21NS. The van der Waals surface area contributed by atoms with Crippen molar-refractivity contribution in [3.63, 3.8) is 0 Å². The molecule has 0 N–H and O–H groups in total. The lowest BCUT2D eigenvalue weighted by molar-refractivity contribution is 0.133. The highest BCUT2D eigenvalue weighted by molar-refractivity contribution is 7.99. The summed E-state index contributed by atoms with van der Waals surface area (Å²) < 4.78 is 0. The van der Waals surface area contributed by atoms with Gasteiger partial charge in [-0.2, -0.15) is 0 Å². The molecule has 2 heteroatoms. The summed E-state index contributed by atoms with van der Waals surface area (Å²) >= 11 is 2.05. The molecule has 0 aromatic rings. The molecule has 1 nitrogen and oxygen atoms in total. The molecule has 0 aromatic carbocycles. The van der Waals surface area contributed by atoms with E-state index < -0.39 is 0 Å². The molecule has 2 aliphatic rings. The van der Waals surface area contributed by atoms with Crippen LogP contribution in [0.1, 0.15) is 27.7 Å². The number of piperidine rings is 1. The summed E-state index contributed by atoms with van der Waals surface area (Å²) in [7, 11) is 0. The van der Waals surface area contributed by atoms with E-state index in [2.05, 4.69) is 38.9 Å². The Hall–Kier alpha value is 0.310. The van der Waals surface area contributed by atoms with Gasteiger partial charge in [-0.3, -0.25) is 4.90 Å². The maximum Gasteiger partial charge on any atom is 0.0593 e. The van der Waals surface area contributed by atoms with Crippen molar-refractivity contribution in [3.05, 3.63) is 0 Å². The Labute approximate surface area is 86.3 Å². The Morgan fingerprint density at radius 1 is 1.31 bits per heavy atom. The first-order valence-corrected chi connectivity index (χ1v) is 6.55. The molecule has 2 fully saturated rings. The minimum Gasteiger partial charge on any atom is -0.286 e. The maximum atomic E-state index is 2.69. The summed E-state index contributed by atoms with van der Waals surface area (Å²) in [6.07, 6.45) is 2.26. The van der Waals surface area contributed by atoms with Crippen molar-refractivity contribution < 1.29 is 0 Å². The minimum absolute atomic E-state index is 0.362. The number of nitrogens with zero attached hydrogens (tertiary/aromatic N) is 1. The Kier molecular flexibility index (Phi) is 2.20. The third kappa shape index (κ3) is 1.42. The van der Waals surface area contributed by atoms with Crippen molar-refractivity contribution in [1.29, 1.82) is 0 Å². The summed E-state index contributed by atoms with van der Waals surface area (Å²) in [5.41, 5.74) is 0.362. The maximum absolute atomic E-state index is 2.69. The summed E-state index contributed by atoms with van der Waals surface area (Å²) in [6, 6.07) is 0. The van der Waals surface area contributed by atoms with Gasteiger partial charge in [0.1, 0.15) is 0 Å². The molecule has 13 heavy (non-hydrogen) atoms. The highest BCUT2D eigenvalue weighted by Crippen LogP contribution is 2.58. The first kappa shape index (κ1) is 9.85. The van der Waals surface area contributed by atoms with Gasteiger partial charge >= 0.3 is 0 Å². The van der Waals surface area contributed by atoms with Gasteiger partial charge < -0.3 is 0 Å². The van der Waals surface area contributed by atoms with Crippen LogP contribution in [0.25, 0.3) is 0 Å². The van der Waals surface area contributed by atoms with Gasteiger partial charge in [0.15, 0.2) is 0 Å². The summed E-state index contributed by atoms with van der Waals surface area (Å²) in [6.45, 7) is 10.8. The molecule has 76 valence electrons. The van der Waals surface area contributed by atoms with Crippen molar-refractivity contribution in [2.24, 2.45) is 17.8 Å². The smallest absolute Gasteiger partial charge is 0.0593 e.